The van der Waals surface area contributed by atoms with Gasteiger partial charge in [-0.3, -0.25) is 0 Å². The van der Waals surface area contributed by atoms with Crippen molar-refractivity contribution in [2.75, 3.05) is 24.7 Å². The first-order valence-electron chi connectivity index (χ1n) is 7.07. The highest BCUT2D eigenvalue weighted by molar-refractivity contribution is 7.99. The van der Waals surface area contributed by atoms with Gasteiger partial charge in [0.25, 0.3) is 0 Å². The quantitative estimate of drug-likeness (QED) is 0.767. The molecule has 0 radical (unpaired) electrons. The van der Waals surface area contributed by atoms with Crippen molar-refractivity contribution >= 4 is 11.8 Å². The molecule has 0 spiro atoms. The fraction of sp³-hybridized carbons (Fsp3) is 0.625. The predicted molar refractivity (Wildman–Crippen MR) is 85.9 cm³/mol. The van der Waals surface area contributed by atoms with Crippen LogP contribution in [-0.4, -0.2) is 29.8 Å². The van der Waals surface area contributed by atoms with Gasteiger partial charge in [-0.05, 0) is 43.2 Å². The first-order chi connectivity index (χ1) is 9.08. The maximum Gasteiger partial charge on any atom is 0.0464 e. The molecule has 0 aliphatic rings. The standard InChI is InChI=1S/C16H27NOS/c1-5-17-16(11-19-10-13(3)9-18)15-8-12(2)6-7-14(15)4/h6-8,13,16-18H,5,9-11H2,1-4H3. The largest absolute Gasteiger partial charge is 0.396 e. The molecule has 1 rings (SSSR count). The molecule has 2 atom stereocenters. The van der Waals surface area contributed by atoms with E-state index in [0.717, 1.165) is 18.1 Å². The molecular weight excluding hydrogens is 254 g/mol. The lowest BCUT2D eigenvalue weighted by Gasteiger charge is -2.21. The molecule has 0 amide bonds. The van der Waals surface area contributed by atoms with Crippen molar-refractivity contribution in [1.82, 2.24) is 5.32 Å². The summed E-state index contributed by atoms with van der Waals surface area (Å²) < 4.78 is 0. The van der Waals surface area contributed by atoms with Crippen molar-refractivity contribution in [2.24, 2.45) is 5.92 Å². The molecule has 1 aromatic carbocycles. The van der Waals surface area contributed by atoms with Crippen LogP contribution in [0, 0.1) is 19.8 Å². The van der Waals surface area contributed by atoms with E-state index in [1.165, 1.54) is 16.7 Å². The van der Waals surface area contributed by atoms with E-state index in [0.29, 0.717) is 12.0 Å². The molecule has 0 fully saturated rings. The van der Waals surface area contributed by atoms with Gasteiger partial charge in [-0.1, -0.05) is 37.6 Å². The molecule has 0 aliphatic carbocycles. The van der Waals surface area contributed by atoms with Crippen LogP contribution in [0.3, 0.4) is 0 Å². The third-order valence-electron chi connectivity index (χ3n) is 3.26. The summed E-state index contributed by atoms with van der Waals surface area (Å²) >= 11 is 1.92. The molecule has 1 aromatic rings. The minimum atomic E-state index is 0.280. The average Bonchev–Trinajstić information content (AvgIpc) is 2.40. The van der Waals surface area contributed by atoms with Crippen LogP contribution in [0.1, 0.15) is 36.6 Å². The summed E-state index contributed by atoms with van der Waals surface area (Å²) in [5, 5.41) is 12.6. The monoisotopic (exact) mass is 281 g/mol. The number of aliphatic hydroxyl groups is 1. The van der Waals surface area contributed by atoms with E-state index in [4.69, 9.17) is 5.11 Å². The summed E-state index contributed by atoms with van der Waals surface area (Å²) in [5.74, 6) is 2.46. The fourth-order valence-corrected chi connectivity index (χ4v) is 3.26. The second kappa shape index (κ2) is 8.62. The molecule has 0 bridgehead atoms. The lowest BCUT2D eigenvalue weighted by molar-refractivity contribution is 0.250. The van der Waals surface area contributed by atoms with Crippen LogP contribution in [0.15, 0.2) is 18.2 Å². The summed E-state index contributed by atoms with van der Waals surface area (Å²) in [5.41, 5.74) is 4.08. The van der Waals surface area contributed by atoms with E-state index in [1.54, 1.807) is 0 Å². The summed E-state index contributed by atoms with van der Waals surface area (Å²) in [6.45, 7) is 9.83. The highest BCUT2D eigenvalue weighted by Gasteiger charge is 2.13. The van der Waals surface area contributed by atoms with Gasteiger partial charge in [-0.25, -0.2) is 0 Å². The second-order valence-electron chi connectivity index (χ2n) is 5.30. The number of benzene rings is 1. The number of thioether (sulfide) groups is 1. The van der Waals surface area contributed by atoms with Crippen molar-refractivity contribution in [3.63, 3.8) is 0 Å². The molecule has 108 valence electrons. The van der Waals surface area contributed by atoms with Crippen LogP contribution < -0.4 is 5.32 Å². The number of aryl methyl sites for hydroxylation is 2. The molecule has 0 heterocycles. The van der Waals surface area contributed by atoms with E-state index in [1.807, 2.05) is 11.8 Å². The minimum absolute atomic E-state index is 0.280. The lowest BCUT2D eigenvalue weighted by atomic mass is 10.00. The normalized spacial score (nSPS) is 14.4. The Labute approximate surface area is 122 Å². The van der Waals surface area contributed by atoms with Gasteiger partial charge in [-0.2, -0.15) is 11.8 Å². The van der Waals surface area contributed by atoms with Crippen LogP contribution in [-0.2, 0) is 0 Å². The van der Waals surface area contributed by atoms with Gasteiger partial charge in [0.1, 0.15) is 0 Å². The summed E-state index contributed by atoms with van der Waals surface area (Å²) in [6, 6.07) is 7.07. The average molecular weight is 281 g/mol. The van der Waals surface area contributed by atoms with Gasteiger partial charge in [-0.15, -0.1) is 0 Å². The molecule has 0 aliphatic heterocycles. The van der Waals surface area contributed by atoms with Crippen LogP contribution in [0.4, 0.5) is 0 Å². The molecule has 0 saturated heterocycles. The Hall–Kier alpha value is -0.510. The Morgan fingerprint density at radius 2 is 2.00 bits per heavy atom. The molecule has 0 aromatic heterocycles. The Balaban J connectivity index is 2.68. The molecule has 3 heteroatoms. The number of hydrogen-bond donors (Lipinski definition) is 2. The smallest absolute Gasteiger partial charge is 0.0464 e. The van der Waals surface area contributed by atoms with Crippen LogP contribution in [0.2, 0.25) is 0 Å². The third-order valence-corrected chi connectivity index (χ3v) is 4.63. The van der Waals surface area contributed by atoms with Gasteiger partial charge in [0.15, 0.2) is 0 Å². The number of hydrogen-bond acceptors (Lipinski definition) is 3. The predicted octanol–water partition coefficient (Wildman–Crippen LogP) is 3.32. The second-order valence-corrected chi connectivity index (χ2v) is 6.37. The zero-order chi connectivity index (χ0) is 14.3. The fourth-order valence-electron chi connectivity index (χ4n) is 2.08. The Bertz CT molecular complexity index is 381. The van der Waals surface area contributed by atoms with Crippen LogP contribution in [0.25, 0.3) is 0 Å². The van der Waals surface area contributed by atoms with E-state index >= 15 is 0 Å². The number of aliphatic hydroxyl groups excluding tert-OH is 1. The highest BCUT2D eigenvalue weighted by atomic mass is 32.2. The molecule has 2 nitrogen and oxygen atoms in total. The maximum absolute atomic E-state index is 9.07. The first-order valence-corrected chi connectivity index (χ1v) is 8.23. The molecular formula is C16H27NOS. The van der Waals surface area contributed by atoms with E-state index < -0.39 is 0 Å². The van der Waals surface area contributed by atoms with Gasteiger partial charge in [0, 0.05) is 18.4 Å². The topological polar surface area (TPSA) is 32.3 Å². The van der Waals surface area contributed by atoms with Gasteiger partial charge < -0.3 is 10.4 Å². The number of nitrogens with one attached hydrogen (secondary N) is 1. The van der Waals surface area contributed by atoms with Gasteiger partial charge >= 0.3 is 0 Å². The molecule has 0 saturated carbocycles. The highest BCUT2D eigenvalue weighted by Crippen LogP contribution is 2.24. The van der Waals surface area contributed by atoms with E-state index in [2.05, 4.69) is 51.2 Å². The van der Waals surface area contributed by atoms with Crippen molar-refractivity contribution in [3.05, 3.63) is 34.9 Å². The van der Waals surface area contributed by atoms with Gasteiger partial charge in [0.05, 0.1) is 0 Å². The van der Waals surface area contributed by atoms with Crippen molar-refractivity contribution in [2.45, 2.75) is 33.7 Å². The SMILES string of the molecule is CCNC(CSCC(C)CO)c1cc(C)ccc1C. The van der Waals surface area contributed by atoms with Crippen molar-refractivity contribution in [3.8, 4) is 0 Å². The van der Waals surface area contributed by atoms with E-state index in [-0.39, 0.29) is 6.61 Å². The molecule has 2 N–H and O–H groups in total. The molecule has 2 unspecified atom stereocenters. The van der Waals surface area contributed by atoms with Crippen molar-refractivity contribution < 1.29 is 5.11 Å². The van der Waals surface area contributed by atoms with E-state index in [9.17, 15) is 0 Å². The number of rotatable bonds is 8. The summed E-state index contributed by atoms with van der Waals surface area (Å²) in [6.07, 6.45) is 0. The van der Waals surface area contributed by atoms with Crippen LogP contribution >= 0.6 is 11.8 Å². The van der Waals surface area contributed by atoms with Crippen molar-refractivity contribution in [1.29, 1.82) is 0 Å². The minimum Gasteiger partial charge on any atom is -0.396 e. The van der Waals surface area contributed by atoms with Crippen LogP contribution in [0.5, 0.6) is 0 Å². The Kier molecular flexibility index (Phi) is 7.51. The Morgan fingerprint density at radius 1 is 1.26 bits per heavy atom. The first kappa shape index (κ1) is 16.5. The Morgan fingerprint density at radius 3 is 2.63 bits per heavy atom. The zero-order valence-corrected chi connectivity index (χ0v) is 13.4. The third kappa shape index (κ3) is 5.55. The summed E-state index contributed by atoms with van der Waals surface area (Å²) in [7, 11) is 0. The molecule has 19 heavy (non-hydrogen) atoms. The lowest BCUT2D eigenvalue weighted by Crippen LogP contribution is -2.24. The van der Waals surface area contributed by atoms with Gasteiger partial charge in [0.2, 0.25) is 0 Å². The maximum atomic E-state index is 9.07. The summed E-state index contributed by atoms with van der Waals surface area (Å²) in [4.78, 5) is 0. The zero-order valence-electron chi connectivity index (χ0n) is 12.6.